The number of anilines is 1. The molecular formula is C15H22N2O. The van der Waals surface area contributed by atoms with E-state index >= 15 is 0 Å². The van der Waals surface area contributed by atoms with Crippen molar-refractivity contribution in [1.82, 2.24) is 5.32 Å². The van der Waals surface area contributed by atoms with E-state index in [2.05, 4.69) is 29.7 Å². The summed E-state index contributed by atoms with van der Waals surface area (Å²) in [5, 5.41) is 6.34. The summed E-state index contributed by atoms with van der Waals surface area (Å²) in [5.41, 5.74) is 2.18. The molecule has 1 fully saturated rings. The number of aryl methyl sites for hydroxylation is 1. The number of carbonyl (C=O) groups is 1. The summed E-state index contributed by atoms with van der Waals surface area (Å²) in [4.78, 5) is 11.9. The van der Waals surface area contributed by atoms with Gasteiger partial charge in [0, 0.05) is 12.1 Å². The van der Waals surface area contributed by atoms with Crippen molar-refractivity contribution in [1.29, 1.82) is 0 Å². The van der Waals surface area contributed by atoms with E-state index in [1.807, 2.05) is 12.1 Å². The maximum Gasteiger partial charge on any atom is 0.224 e. The molecule has 1 aromatic rings. The fourth-order valence-electron chi connectivity index (χ4n) is 2.44. The number of hydrogen-bond acceptors (Lipinski definition) is 2. The van der Waals surface area contributed by atoms with E-state index in [9.17, 15) is 4.79 Å². The third kappa shape index (κ3) is 3.84. The van der Waals surface area contributed by atoms with Gasteiger partial charge in [0.1, 0.15) is 0 Å². The summed E-state index contributed by atoms with van der Waals surface area (Å²) in [6, 6.07) is 8.09. The van der Waals surface area contributed by atoms with Gasteiger partial charge in [-0.15, -0.1) is 0 Å². The average Bonchev–Trinajstić information content (AvgIpc) is 2.40. The predicted molar refractivity (Wildman–Crippen MR) is 74.7 cm³/mol. The normalized spacial score (nSPS) is 19.5. The molecule has 1 aliphatic heterocycles. The van der Waals surface area contributed by atoms with E-state index in [-0.39, 0.29) is 5.91 Å². The Morgan fingerprint density at radius 2 is 2.39 bits per heavy atom. The first kappa shape index (κ1) is 13.1. The van der Waals surface area contributed by atoms with Crippen LogP contribution in [0.5, 0.6) is 0 Å². The van der Waals surface area contributed by atoms with E-state index in [0.717, 1.165) is 31.6 Å². The molecule has 0 saturated carbocycles. The van der Waals surface area contributed by atoms with Gasteiger partial charge in [0.2, 0.25) is 5.91 Å². The maximum absolute atomic E-state index is 11.9. The molecule has 1 atom stereocenters. The zero-order chi connectivity index (χ0) is 12.8. The lowest BCUT2D eigenvalue weighted by atomic mass is 9.96. The van der Waals surface area contributed by atoms with Gasteiger partial charge in [-0.1, -0.05) is 19.1 Å². The lowest BCUT2D eigenvalue weighted by Gasteiger charge is -2.22. The highest BCUT2D eigenvalue weighted by molar-refractivity contribution is 5.90. The van der Waals surface area contributed by atoms with Gasteiger partial charge in [-0.25, -0.2) is 0 Å². The quantitative estimate of drug-likeness (QED) is 0.857. The number of hydrogen-bond donors (Lipinski definition) is 2. The number of rotatable bonds is 4. The largest absolute Gasteiger partial charge is 0.326 e. The van der Waals surface area contributed by atoms with Crippen molar-refractivity contribution in [3.05, 3.63) is 29.8 Å². The minimum Gasteiger partial charge on any atom is -0.326 e. The topological polar surface area (TPSA) is 41.1 Å². The zero-order valence-electron chi connectivity index (χ0n) is 11.0. The molecule has 3 nitrogen and oxygen atoms in total. The van der Waals surface area contributed by atoms with Crippen LogP contribution >= 0.6 is 0 Å². The Morgan fingerprint density at radius 1 is 1.50 bits per heavy atom. The molecule has 2 rings (SSSR count). The smallest absolute Gasteiger partial charge is 0.224 e. The van der Waals surface area contributed by atoms with Crippen LogP contribution in [0.2, 0.25) is 0 Å². The van der Waals surface area contributed by atoms with Crippen molar-refractivity contribution >= 4 is 11.6 Å². The van der Waals surface area contributed by atoms with Crippen LogP contribution in [-0.4, -0.2) is 19.0 Å². The summed E-state index contributed by atoms with van der Waals surface area (Å²) in [6.07, 6.45) is 3.97. The first-order chi connectivity index (χ1) is 8.78. The van der Waals surface area contributed by atoms with E-state index in [0.29, 0.717) is 12.3 Å². The molecule has 1 heterocycles. The molecule has 0 aliphatic carbocycles. The monoisotopic (exact) mass is 246 g/mol. The molecule has 0 aromatic heterocycles. The van der Waals surface area contributed by atoms with Crippen molar-refractivity contribution in [2.24, 2.45) is 5.92 Å². The van der Waals surface area contributed by atoms with Crippen LogP contribution in [0, 0.1) is 5.92 Å². The van der Waals surface area contributed by atoms with Crippen molar-refractivity contribution < 1.29 is 4.79 Å². The highest BCUT2D eigenvalue weighted by atomic mass is 16.1. The molecule has 1 aromatic carbocycles. The number of piperidine rings is 1. The lowest BCUT2D eigenvalue weighted by Crippen LogP contribution is -2.32. The molecule has 1 saturated heterocycles. The third-order valence-electron chi connectivity index (χ3n) is 3.49. The van der Waals surface area contributed by atoms with Crippen molar-refractivity contribution in [3.63, 3.8) is 0 Å². The van der Waals surface area contributed by atoms with Crippen LogP contribution in [0.1, 0.15) is 31.7 Å². The highest BCUT2D eigenvalue weighted by Gasteiger charge is 2.16. The second-order valence-electron chi connectivity index (χ2n) is 5.02. The van der Waals surface area contributed by atoms with Crippen LogP contribution in [0.3, 0.4) is 0 Å². The zero-order valence-corrected chi connectivity index (χ0v) is 11.0. The number of carbonyl (C=O) groups excluding carboxylic acids is 1. The first-order valence-corrected chi connectivity index (χ1v) is 6.87. The SMILES string of the molecule is CCc1cccc(NC(=O)CC2CCCNC2)c1. The lowest BCUT2D eigenvalue weighted by molar-refractivity contribution is -0.117. The average molecular weight is 246 g/mol. The summed E-state index contributed by atoms with van der Waals surface area (Å²) in [5.74, 6) is 0.630. The van der Waals surface area contributed by atoms with Gasteiger partial charge in [0.25, 0.3) is 0 Å². The Kier molecular flexibility index (Phi) is 4.76. The van der Waals surface area contributed by atoms with E-state index in [1.54, 1.807) is 0 Å². The van der Waals surface area contributed by atoms with Crippen LogP contribution in [-0.2, 0) is 11.2 Å². The minimum atomic E-state index is 0.136. The fraction of sp³-hybridized carbons (Fsp3) is 0.533. The van der Waals surface area contributed by atoms with Crippen molar-refractivity contribution in [3.8, 4) is 0 Å². The first-order valence-electron chi connectivity index (χ1n) is 6.87. The van der Waals surface area contributed by atoms with Gasteiger partial charge >= 0.3 is 0 Å². The van der Waals surface area contributed by atoms with E-state index in [4.69, 9.17) is 0 Å². The summed E-state index contributed by atoms with van der Waals surface area (Å²) < 4.78 is 0. The predicted octanol–water partition coefficient (Wildman–Crippen LogP) is 2.58. The molecule has 0 radical (unpaired) electrons. The Bertz CT molecular complexity index is 397. The van der Waals surface area contributed by atoms with Gasteiger partial charge < -0.3 is 10.6 Å². The Morgan fingerprint density at radius 3 is 3.11 bits per heavy atom. The summed E-state index contributed by atoms with van der Waals surface area (Å²) in [6.45, 7) is 4.19. The number of benzene rings is 1. The van der Waals surface area contributed by atoms with Gasteiger partial charge in [-0.05, 0) is 56.0 Å². The molecule has 98 valence electrons. The van der Waals surface area contributed by atoms with Gasteiger partial charge in [-0.3, -0.25) is 4.79 Å². The second kappa shape index (κ2) is 6.55. The summed E-state index contributed by atoms with van der Waals surface area (Å²) >= 11 is 0. The Balaban J connectivity index is 1.85. The van der Waals surface area contributed by atoms with Crippen LogP contribution in [0.25, 0.3) is 0 Å². The van der Waals surface area contributed by atoms with Crippen LogP contribution in [0.15, 0.2) is 24.3 Å². The van der Waals surface area contributed by atoms with Gasteiger partial charge in [0.05, 0.1) is 0 Å². The molecular weight excluding hydrogens is 224 g/mol. The molecule has 0 bridgehead atoms. The molecule has 1 unspecified atom stereocenters. The molecule has 0 spiro atoms. The van der Waals surface area contributed by atoms with Crippen LogP contribution < -0.4 is 10.6 Å². The molecule has 18 heavy (non-hydrogen) atoms. The van der Waals surface area contributed by atoms with Crippen LogP contribution in [0.4, 0.5) is 5.69 Å². The fourth-order valence-corrected chi connectivity index (χ4v) is 2.44. The number of amides is 1. The van der Waals surface area contributed by atoms with Crippen molar-refractivity contribution in [2.45, 2.75) is 32.6 Å². The molecule has 1 amide bonds. The third-order valence-corrected chi connectivity index (χ3v) is 3.49. The second-order valence-corrected chi connectivity index (χ2v) is 5.02. The summed E-state index contributed by atoms with van der Waals surface area (Å²) in [7, 11) is 0. The van der Waals surface area contributed by atoms with E-state index < -0.39 is 0 Å². The minimum absolute atomic E-state index is 0.136. The standard InChI is InChI=1S/C15H22N2O/c1-2-12-5-3-7-14(9-12)17-15(18)10-13-6-4-8-16-11-13/h3,5,7,9,13,16H,2,4,6,8,10-11H2,1H3,(H,17,18). The van der Waals surface area contributed by atoms with E-state index in [1.165, 1.54) is 12.0 Å². The maximum atomic E-state index is 11.9. The molecule has 2 N–H and O–H groups in total. The van der Waals surface area contributed by atoms with Gasteiger partial charge in [-0.2, -0.15) is 0 Å². The highest BCUT2D eigenvalue weighted by Crippen LogP contribution is 2.16. The molecule has 3 heteroatoms. The molecule has 1 aliphatic rings. The Labute approximate surface area is 109 Å². The van der Waals surface area contributed by atoms with Crippen molar-refractivity contribution in [2.75, 3.05) is 18.4 Å². The number of nitrogens with one attached hydrogen (secondary N) is 2. The Hall–Kier alpha value is -1.35. The van der Waals surface area contributed by atoms with Gasteiger partial charge in [0.15, 0.2) is 0 Å².